The minimum absolute atomic E-state index is 0.213. The second kappa shape index (κ2) is 5.46. The van der Waals surface area contributed by atoms with Crippen molar-refractivity contribution >= 4 is 5.91 Å². The van der Waals surface area contributed by atoms with Gasteiger partial charge in [0.2, 0.25) is 0 Å². The van der Waals surface area contributed by atoms with Gasteiger partial charge < -0.3 is 11.1 Å². The Morgan fingerprint density at radius 2 is 2.17 bits per heavy atom. The summed E-state index contributed by atoms with van der Waals surface area (Å²) in [6, 6.07) is 11.1. The number of carbonyl (C=O) groups is 1. The standard InChI is InChI=1S/C13H16N4O/c1-9-7-12(17-16-9)13(18)15-8-11(14)10-5-3-2-4-6-10/h2-7,11H,8,14H2,1H3,(H,15,18)(H,16,17). The van der Waals surface area contributed by atoms with Crippen molar-refractivity contribution in [1.82, 2.24) is 15.5 Å². The molecule has 0 aliphatic rings. The van der Waals surface area contributed by atoms with E-state index in [2.05, 4.69) is 15.5 Å². The molecular weight excluding hydrogens is 228 g/mol. The Bertz CT molecular complexity index is 521. The molecule has 1 amide bonds. The summed E-state index contributed by atoms with van der Waals surface area (Å²) in [5, 5.41) is 9.38. The number of amides is 1. The van der Waals surface area contributed by atoms with Crippen LogP contribution in [0.1, 0.15) is 27.8 Å². The first-order chi connectivity index (χ1) is 8.66. The number of nitrogens with two attached hydrogens (primary N) is 1. The number of aryl methyl sites for hydroxylation is 1. The lowest BCUT2D eigenvalue weighted by Gasteiger charge is -2.12. The van der Waals surface area contributed by atoms with Crippen molar-refractivity contribution < 1.29 is 4.79 Å². The van der Waals surface area contributed by atoms with Gasteiger partial charge in [0.25, 0.3) is 5.91 Å². The van der Waals surface area contributed by atoms with Crippen LogP contribution in [0, 0.1) is 6.92 Å². The third-order valence-electron chi connectivity index (χ3n) is 2.65. The van der Waals surface area contributed by atoms with Gasteiger partial charge in [0.05, 0.1) is 0 Å². The molecule has 94 valence electrons. The number of hydrogen-bond donors (Lipinski definition) is 3. The van der Waals surface area contributed by atoms with Crippen LogP contribution in [0.2, 0.25) is 0 Å². The summed E-state index contributed by atoms with van der Waals surface area (Å²) in [7, 11) is 0. The molecule has 1 atom stereocenters. The van der Waals surface area contributed by atoms with Crippen molar-refractivity contribution in [3.05, 3.63) is 53.3 Å². The van der Waals surface area contributed by atoms with Gasteiger partial charge in [-0.2, -0.15) is 5.10 Å². The SMILES string of the molecule is Cc1cc(C(=O)NCC(N)c2ccccc2)n[nH]1. The maximum absolute atomic E-state index is 11.7. The van der Waals surface area contributed by atoms with Gasteiger partial charge >= 0.3 is 0 Å². The van der Waals surface area contributed by atoms with Crippen molar-refractivity contribution in [3.63, 3.8) is 0 Å². The Labute approximate surface area is 105 Å². The van der Waals surface area contributed by atoms with E-state index in [1.165, 1.54) is 0 Å². The highest BCUT2D eigenvalue weighted by Gasteiger charge is 2.11. The first kappa shape index (κ1) is 12.3. The molecule has 5 nitrogen and oxygen atoms in total. The molecule has 1 unspecified atom stereocenters. The van der Waals surface area contributed by atoms with Gasteiger partial charge in [0.1, 0.15) is 5.69 Å². The van der Waals surface area contributed by atoms with Gasteiger partial charge in [0.15, 0.2) is 0 Å². The lowest BCUT2D eigenvalue weighted by Crippen LogP contribution is -2.32. The third kappa shape index (κ3) is 2.95. The summed E-state index contributed by atoms with van der Waals surface area (Å²) in [6.07, 6.45) is 0. The Hall–Kier alpha value is -2.14. The first-order valence-electron chi connectivity index (χ1n) is 5.77. The molecule has 0 saturated carbocycles. The second-order valence-electron chi connectivity index (χ2n) is 4.16. The first-order valence-corrected chi connectivity index (χ1v) is 5.77. The van der Waals surface area contributed by atoms with Gasteiger partial charge in [-0.25, -0.2) is 0 Å². The Morgan fingerprint density at radius 1 is 1.44 bits per heavy atom. The van der Waals surface area contributed by atoms with Crippen molar-refractivity contribution in [2.75, 3.05) is 6.54 Å². The van der Waals surface area contributed by atoms with Gasteiger partial charge in [-0.05, 0) is 18.6 Å². The predicted molar refractivity (Wildman–Crippen MR) is 69.0 cm³/mol. The number of nitrogens with one attached hydrogen (secondary N) is 2. The van der Waals surface area contributed by atoms with E-state index in [1.54, 1.807) is 6.07 Å². The minimum Gasteiger partial charge on any atom is -0.349 e. The fraction of sp³-hybridized carbons (Fsp3) is 0.231. The van der Waals surface area contributed by atoms with Crippen LogP contribution in [-0.2, 0) is 0 Å². The van der Waals surface area contributed by atoms with Gasteiger partial charge in [-0.3, -0.25) is 9.89 Å². The van der Waals surface area contributed by atoms with Crippen molar-refractivity contribution in [1.29, 1.82) is 0 Å². The Morgan fingerprint density at radius 3 is 2.78 bits per heavy atom. The lowest BCUT2D eigenvalue weighted by molar-refractivity contribution is 0.0946. The average Bonchev–Trinajstić information content (AvgIpc) is 2.83. The zero-order valence-corrected chi connectivity index (χ0v) is 10.2. The normalized spacial score (nSPS) is 12.1. The van der Waals surface area contributed by atoms with Crippen molar-refractivity contribution in [3.8, 4) is 0 Å². The molecule has 2 rings (SSSR count). The number of benzene rings is 1. The Kier molecular flexibility index (Phi) is 3.74. The van der Waals surface area contributed by atoms with Crippen LogP contribution >= 0.6 is 0 Å². The quantitative estimate of drug-likeness (QED) is 0.754. The monoisotopic (exact) mass is 244 g/mol. The molecule has 5 heteroatoms. The van der Waals surface area contributed by atoms with E-state index in [0.717, 1.165) is 11.3 Å². The molecule has 0 radical (unpaired) electrons. The molecule has 1 aromatic carbocycles. The fourth-order valence-electron chi connectivity index (χ4n) is 1.65. The number of rotatable bonds is 4. The molecular formula is C13H16N4O. The largest absolute Gasteiger partial charge is 0.349 e. The molecule has 0 aliphatic heterocycles. The van der Waals surface area contributed by atoms with Crippen LogP contribution in [-0.4, -0.2) is 22.6 Å². The van der Waals surface area contributed by atoms with Crippen LogP contribution in [0.25, 0.3) is 0 Å². The van der Waals surface area contributed by atoms with Crippen molar-refractivity contribution in [2.24, 2.45) is 5.73 Å². The van der Waals surface area contributed by atoms with Gasteiger partial charge in [0, 0.05) is 18.3 Å². The van der Waals surface area contributed by atoms with Gasteiger partial charge in [-0.1, -0.05) is 30.3 Å². The number of H-pyrrole nitrogens is 1. The zero-order valence-electron chi connectivity index (χ0n) is 10.2. The van der Waals surface area contributed by atoms with E-state index in [0.29, 0.717) is 12.2 Å². The molecule has 18 heavy (non-hydrogen) atoms. The average molecular weight is 244 g/mol. The van der Waals surface area contributed by atoms with Crippen LogP contribution in [0.15, 0.2) is 36.4 Å². The van der Waals surface area contributed by atoms with E-state index in [9.17, 15) is 4.79 Å². The van der Waals surface area contributed by atoms with Crippen LogP contribution < -0.4 is 11.1 Å². The number of hydrogen-bond acceptors (Lipinski definition) is 3. The number of carbonyl (C=O) groups excluding carboxylic acids is 1. The molecule has 0 spiro atoms. The molecule has 1 heterocycles. The summed E-state index contributed by atoms with van der Waals surface area (Å²) in [6.45, 7) is 2.23. The molecule has 0 fully saturated rings. The van der Waals surface area contributed by atoms with E-state index >= 15 is 0 Å². The molecule has 0 aliphatic carbocycles. The summed E-state index contributed by atoms with van der Waals surface area (Å²) < 4.78 is 0. The molecule has 0 bridgehead atoms. The van der Waals surface area contributed by atoms with Gasteiger partial charge in [-0.15, -0.1) is 0 Å². The predicted octanol–water partition coefficient (Wildman–Crippen LogP) is 1.15. The smallest absolute Gasteiger partial charge is 0.271 e. The molecule has 0 saturated heterocycles. The topological polar surface area (TPSA) is 83.8 Å². The highest BCUT2D eigenvalue weighted by Crippen LogP contribution is 2.08. The minimum atomic E-state index is -0.217. The van der Waals surface area contributed by atoms with Crippen LogP contribution in [0.3, 0.4) is 0 Å². The maximum Gasteiger partial charge on any atom is 0.271 e. The number of nitrogens with zero attached hydrogens (tertiary/aromatic N) is 1. The summed E-state index contributed by atoms with van der Waals surface area (Å²) >= 11 is 0. The number of aromatic amines is 1. The summed E-state index contributed by atoms with van der Waals surface area (Å²) in [4.78, 5) is 11.7. The maximum atomic E-state index is 11.7. The van der Waals surface area contributed by atoms with E-state index < -0.39 is 0 Å². The van der Waals surface area contributed by atoms with E-state index in [4.69, 9.17) is 5.73 Å². The zero-order chi connectivity index (χ0) is 13.0. The van der Waals surface area contributed by atoms with Crippen molar-refractivity contribution in [2.45, 2.75) is 13.0 Å². The highest BCUT2D eigenvalue weighted by molar-refractivity contribution is 5.92. The lowest BCUT2D eigenvalue weighted by atomic mass is 10.1. The summed E-state index contributed by atoms with van der Waals surface area (Å²) in [5.74, 6) is -0.217. The van der Waals surface area contributed by atoms with Crippen LogP contribution in [0.5, 0.6) is 0 Å². The number of aromatic nitrogens is 2. The second-order valence-corrected chi connectivity index (χ2v) is 4.16. The third-order valence-corrected chi connectivity index (χ3v) is 2.65. The highest BCUT2D eigenvalue weighted by atomic mass is 16.1. The molecule has 2 aromatic rings. The fourth-order valence-corrected chi connectivity index (χ4v) is 1.65. The Balaban J connectivity index is 1.90. The molecule has 1 aromatic heterocycles. The van der Waals surface area contributed by atoms with E-state index in [1.807, 2.05) is 37.3 Å². The summed E-state index contributed by atoms with van der Waals surface area (Å²) in [5.41, 5.74) is 8.22. The molecule has 4 N–H and O–H groups in total. The van der Waals surface area contributed by atoms with E-state index in [-0.39, 0.29) is 11.9 Å². The van der Waals surface area contributed by atoms with Crippen LogP contribution in [0.4, 0.5) is 0 Å².